The van der Waals surface area contributed by atoms with Crippen molar-refractivity contribution in [1.82, 2.24) is 10.2 Å². The van der Waals surface area contributed by atoms with Crippen LogP contribution in [0.3, 0.4) is 0 Å². The number of rotatable bonds is 3. The molecule has 0 aromatic heterocycles. The lowest BCUT2D eigenvalue weighted by molar-refractivity contribution is -0.122. The molecule has 0 aliphatic carbocycles. The maximum Gasteiger partial charge on any atom is 0.234 e. The Kier molecular flexibility index (Phi) is 4.86. The van der Waals surface area contributed by atoms with Gasteiger partial charge in [-0.3, -0.25) is 9.69 Å². The molecule has 0 aromatic rings. The fraction of sp³-hybridized carbons (Fsp3) is 0.889. The van der Waals surface area contributed by atoms with Crippen LogP contribution in [0, 0.1) is 0 Å². The smallest absolute Gasteiger partial charge is 0.234 e. The molecule has 5 nitrogen and oxygen atoms in total. The van der Waals surface area contributed by atoms with E-state index >= 15 is 0 Å². The summed E-state index contributed by atoms with van der Waals surface area (Å²) >= 11 is 0. The molecular weight excluding hydrogens is 182 g/mol. The van der Waals surface area contributed by atoms with Gasteiger partial charge in [-0.05, 0) is 6.92 Å². The van der Waals surface area contributed by atoms with E-state index in [2.05, 4.69) is 5.32 Å². The highest BCUT2D eigenvalue weighted by molar-refractivity contribution is 5.77. The van der Waals surface area contributed by atoms with Gasteiger partial charge in [0.25, 0.3) is 0 Å². The molecule has 0 bridgehead atoms. The summed E-state index contributed by atoms with van der Waals surface area (Å²) in [7, 11) is 0. The molecule has 1 aliphatic heterocycles. The first-order valence-corrected chi connectivity index (χ1v) is 5.04. The molecule has 0 saturated carbocycles. The van der Waals surface area contributed by atoms with Gasteiger partial charge in [-0.1, -0.05) is 0 Å². The van der Waals surface area contributed by atoms with E-state index in [0.717, 1.165) is 13.1 Å². The predicted octanol–water partition coefficient (Wildman–Crippen LogP) is -1.22. The average Bonchev–Trinajstić information content (AvgIpc) is 2.30. The molecule has 1 fully saturated rings. The number of hydrogen-bond donors (Lipinski definition) is 2. The summed E-state index contributed by atoms with van der Waals surface area (Å²) in [6.45, 7) is 5.77. The van der Waals surface area contributed by atoms with E-state index in [9.17, 15) is 4.79 Å². The maximum atomic E-state index is 11.3. The summed E-state index contributed by atoms with van der Waals surface area (Å²) in [5, 5.41) is 2.77. The van der Waals surface area contributed by atoms with Crippen molar-refractivity contribution in [3.63, 3.8) is 0 Å². The SMILES string of the molecule is CCNC(=O)CN1CCOCC(N)C1. The van der Waals surface area contributed by atoms with Crippen molar-refractivity contribution in [1.29, 1.82) is 0 Å². The second kappa shape index (κ2) is 5.95. The quantitative estimate of drug-likeness (QED) is 0.601. The Hall–Kier alpha value is -0.650. The third kappa shape index (κ3) is 4.04. The molecule has 1 rings (SSSR count). The molecule has 0 radical (unpaired) electrons. The fourth-order valence-electron chi connectivity index (χ4n) is 1.50. The minimum absolute atomic E-state index is 0.0203. The number of hydrogen-bond acceptors (Lipinski definition) is 4. The van der Waals surface area contributed by atoms with Gasteiger partial charge < -0.3 is 15.8 Å². The van der Waals surface area contributed by atoms with E-state index in [1.165, 1.54) is 0 Å². The van der Waals surface area contributed by atoms with Crippen molar-refractivity contribution in [3.05, 3.63) is 0 Å². The number of nitrogens with two attached hydrogens (primary N) is 1. The highest BCUT2D eigenvalue weighted by atomic mass is 16.5. The molecule has 0 aromatic carbocycles. The van der Waals surface area contributed by atoms with Crippen LogP contribution in [0.15, 0.2) is 0 Å². The van der Waals surface area contributed by atoms with Gasteiger partial charge in [0.05, 0.1) is 19.8 Å². The van der Waals surface area contributed by atoms with Crippen LogP contribution in [0.2, 0.25) is 0 Å². The lowest BCUT2D eigenvalue weighted by atomic mass is 10.3. The maximum absolute atomic E-state index is 11.3. The zero-order valence-electron chi connectivity index (χ0n) is 8.66. The van der Waals surface area contributed by atoms with Gasteiger partial charge in [-0.2, -0.15) is 0 Å². The highest BCUT2D eigenvalue weighted by Crippen LogP contribution is 1.97. The van der Waals surface area contributed by atoms with Crippen LogP contribution < -0.4 is 11.1 Å². The standard InChI is InChI=1S/C9H19N3O2/c1-2-11-9(13)6-12-3-4-14-7-8(10)5-12/h8H,2-7,10H2,1H3,(H,11,13). The van der Waals surface area contributed by atoms with Crippen LogP contribution in [0.4, 0.5) is 0 Å². The van der Waals surface area contributed by atoms with Crippen LogP contribution in [-0.4, -0.2) is 56.2 Å². The van der Waals surface area contributed by atoms with Crippen molar-refractivity contribution in [2.24, 2.45) is 5.73 Å². The second-order valence-electron chi connectivity index (χ2n) is 3.52. The van der Waals surface area contributed by atoms with Crippen LogP contribution in [-0.2, 0) is 9.53 Å². The second-order valence-corrected chi connectivity index (χ2v) is 3.52. The van der Waals surface area contributed by atoms with Crippen molar-refractivity contribution in [2.75, 3.05) is 39.4 Å². The van der Waals surface area contributed by atoms with Crippen molar-refractivity contribution in [3.8, 4) is 0 Å². The van der Waals surface area contributed by atoms with E-state index in [1.807, 2.05) is 11.8 Å². The molecule has 1 unspecified atom stereocenters. The van der Waals surface area contributed by atoms with Gasteiger partial charge in [-0.15, -0.1) is 0 Å². The molecule has 1 atom stereocenters. The van der Waals surface area contributed by atoms with Crippen LogP contribution in [0.1, 0.15) is 6.92 Å². The Bertz CT molecular complexity index is 187. The first-order chi connectivity index (χ1) is 6.72. The molecule has 5 heteroatoms. The Balaban J connectivity index is 2.31. The summed E-state index contributed by atoms with van der Waals surface area (Å²) in [6.07, 6.45) is 0. The zero-order chi connectivity index (χ0) is 10.4. The monoisotopic (exact) mass is 201 g/mol. The minimum atomic E-state index is 0.0203. The number of carbonyl (C=O) groups excluding carboxylic acids is 1. The topological polar surface area (TPSA) is 67.6 Å². The van der Waals surface area contributed by atoms with Gasteiger partial charge in [0.1, 0.15) is 0 Å². The van der Waals surface area contributed by atoms with Crippen molar-refractivity contribution in [2.45, 2.75) is 13.0 Å². The fourth-order valence-corrected chi connectivity index (χ4v) is 1.50. The molecule has 3 N–H and O–H groups in total. The summed E-state index contributed by atoms with van der Waals surface area (Å²) < 4.78 is 5.28. The van der Waals surface area contributed by atoms with Gasteiger partial charge in [0, 0.05) is 25.7 Å². The lowest BCUT2D eigenvalue weighted by Gasteiger charge is -2.20. The summed E-state index contributed by atoms with van der Waals surface area (Å²) in [6, 6.07) is 0.0203. The number of nitrogens with zero attached hydrogens (tertiary/aromatic N) is 1. The van der Waals surface area contributed by atoms with Crippen LogP contribution in [0.5, 0.6) is 0 Å². The largest absolute Gasteiger partial charge is 0.378 e. The van der Waals surface area contributed by atoms with E-state index in [1.54, 1.807) is 0 Å². The number of likely N-dealkylation sites (N-methyl/N-ethyl adjacent to an activating group) is 1. The van der Waals surface area contributed by atoms with E-state index in [4.69, 9.17) is 10.5 Å². The minimum Gasteiger partial charge on any atom is -0.378 e. The summed E-state index contributed by atoms with van der Waals surface area (Å²) in [5.41, 5.74) is 5.78. The van der Waals surface area contributed by atoms with Gasteiger partial charge in [0.15, 0.2) is 0 Å². The molecule has 1 saturated heterocycles. The van der Waals surface area contributed by atoms with E-state index < -0.39 is 0 Å². The first-order valence-electron chi connectivity index (χ1n) is 5.04. The normalized spacial score (nSPS) is 24.3. The van der Waals surface area contributed by atoms with E-state index in [-0.39, 0.29) is 11.9 Å². The number of amides is 1. The molecule has 14 heavy (non-hydrogen) atoms. The first kappa shape index (κ1) is 11.4. The Labute approximate surface area is 84.6 Å². The zero-order valence-corrected chi connectivity index (χ0v) is 8.66. The molecule has 1 amide bonds. The van der Waals surface area contributed by atoms with Gasteiger partial charge in [0.2, 0.25) is 5.91 Å². The molecule has 82 valence electrons. The van der Waals surface area contributed by atoms with Crippen LogP contribution >= 0.6 is 0 Å². The summed E-state index contributed by atoms with van der Waals surface area (Å²) in [4.78, 5) is 13.3. The molecule has 1 heterocycles. The van der Waals surface area contributed by atoms with Gasteiger partial charge in [-0.25, -0.2) is 0 Å². The lowest BCUT2D eigenvalue weighted by Crippen LogP contribution is -2.43. The Morgan fingerprint density at radius 3 is 3.21 bits per heavy atom. The number of carbonyl (C=O) groups is 1. The van der Waals surface area contributed by atoms with Crippen LogP contribution in [0.25, 0.3) is 0 Å². The van der Waals surface area contributed by atoms with Gasteiger partial charge >= 0.3 is 0 Å². The Morgan fingerprint density at radius 1 is 1.71 bits per heavy atom. The third-order valence-electron chi connectivity index (χ3n) is 2.12. The van der Waals surface area contributed by atoms with Crippen molar-refractivity contribution >= 4 is 5.91 Å². The molecular formula is C9H19N3O2. The Morgan fingerprint density at radius 2 is 2.50 bits per heavy atom. The van der Waals surface area contributed by atoms with E-state index in [0.29, 0.717) is 26.3 Å². The van der Waals surface area contributed by atoms with Crippen molar-refractivity contribution < 1.29 is 9.53 Å². The number of nitrogens with one attached hydrogen (secondary N) is 1. The predicted molar refractivity (Wildman–Crippen MR) is 53.9 cm³/mol. The summed E-state index contributed by atoms with van der Waals surface area (Å²) in [5.74, 6) is 0.0570. The highest BCUT2D eigenvalue weighted by Gasteiger charge is 2.17. The third-order valence-corrected chi connectivity index (χ3v) is 2.12. The molecule has 0 spiro atoms. The molecule has 1 aliphatic rings. The average molecular weight is 201 g/mol. The number of ether oxygens (including phenoxy) is 1.